The standard InChI is InChI=1S/C38H48O18/c1-15(2)5-10-19-22(52-38-30(47)27(44)26(43)23(13-39)53-38)12-11-20-24(41)35(33(54-34(19)20)17-6-8-18(49-4)9-7-17)56-37-31(48)28(45)32(16(3)51-37)55-36-29(46)25(42)21(40)14-50-36/h5-9,11-12,16,21,23,25-32,36-40,42-48H,10,13-14H2,1-4H3. The first-order valence-corrected chi connectivity index (χ1v) is 18.0. The molecule has 14 unspecified atom stereocenters. The van der Waals surface area contributed by atoms with Gasteiger partial charge in [-0.3, -0.25) is 4.79 Å². The highest BCUT2D eigenvalue weighted by Gasteiger charge is 2.49. The van der Waals surface area contributed by atoms with Crippen molar-refractivity contribution in [3.8, 4) is 28.6 Å². The van der Waals surface area contributed by atoms with Gasteiger partial charge in [0.15, 0.2) is 12.1 Å². The summed E-state index contributed by atoms with van der Waals surface area (Å²) in [6.45, 7) is 4.15. The molecule has 9 N–H and O–H groups in total. The van der Waals surface area contributed by atoms with E-state index in [9.17, 15) is 50.8 Å². The number of ether oxygens (including phenoxy) is 7. The van der Waals surface area contributed by atoms with Crippen LogP contribution in [-0.2, 0) is 25.4 Å². The number of fused-ring (bicyclic) bond motifs is 1. The smallest absolute Gasteiger partial charge is 0.235 e. The molecule has 56 heavy (non-hydrogen) atoms. The van der Waals surface area contributed by atoms with E-state index >= 15 is 0 Å². The first-order valence-electron chi connectivity index (χ1n) is 18.0. The molecule has 0 spiro atoms. The molecule has 2 aromatic carbocycles. The van der Waals surface area contributed by atoms with Crippen LogP contribution in [0.4, 0.5) is 0 Å². The summed E-state index contributed by atoms with van der Waals surface area (Å²) in [5, 5.41) is 93.7. The van der Waals surface area contributed by atoms with Crippen LogP contribution in [0.3, 0.4) is 0 Å². The first kappa shape index (κ1) is 41.9. The van der Waals surface area contributed by atoms with Gasteiger partial charge in [0, 0.05) is 11.1 Å². The predicted octanol–water partition coefficient (Wildman–Crippen LogP) is -1.17. The minimum atomic E-state index is -1.84. The van der Waals surface area contributed by atoms with Crippen molar-refractivity contribution in [1.29, 1.82) is 0 Å². The largest absolute Gasteiger partial charge is 0.497 e. The Morgan fingerprint density at radius 1 is 0.804 bits per heavy atom. The van der Waals surface area contributed by atoms with Gasteiger partial charge in [-0.2, -0.15) is 0 Å². The van der Waals surface area contributed by atoms with Crippen LogP contribution < -0.4 is 19.6 Å². The maximum Gasteiger partial charge on any atom is 0.235 e. The molecule has 3 aromatic rings. The zero-order chi connectivity index (χ0) is 40.6. The van der Waals surface area contributed by atoms with Crippen molar-refractivity contribution in [2.45, 2.75) is 113 Å². The van der Waals surface area contributed by atoms with E-state index in [1.807, 2.05) is 19.9 Å². The molecule has 14 atom stereocenters. The number of methoxy groups -OCH3 is 1. The molecule has 0 radical (unpaired) electrons. The highest BCUT2D eigenvalue weighted by molar-refractivity contribution is 5.86. The Morgan fingerprint density at radius 2 is 1.46 bits per heavy atom. The van der Waals surface area contributed by atoms with Gasteiger partial charge in [-0.15, -0.1) is 0 Å². The monoisotopic (exact) mass is 792 g/mol. The Balaban J connectivity index is 1.39. The molecule has 0 saturated carbocycles. The van der Waals surface area contributed by atoms with Crippen LogP contribution in [0.2, 0.25) is 0 Å². The van der Waals surface area contributed by atoms with Gasteiger partial charge < -0.3 is 83.5 Å². The van der Waals surface area contributed by atoms with Crippen LogP contribution in [0.25, 0.3) is 22.3 Å². The van der Waals surface area contributed by atoms with Crippen LogP contribution in [0.5, 0.6) is 17.2 Å². The van der Waals surface area contributed by atoms with Crippen molar-refractivity contribution in [2.75, 3.05) is 20.3 Å². The van der Waals surface area contributed by atoms with E-state index in [-0.39, 0.29) is 35.5 Å². The number of allylic oxidation sites excluding steroid dienone is 2. The maximum absolute atomic E-state index is 14.5. The minimum Gasteiger partial charge on any atom is -0.497 e. The van der Waals surface area contributed by atoms with E-state index in [4.69, 9.17) is 37.6 Å². The quantitative estimate of drug-likeness (QED) is 0.103. The van der Waals surface area contributed by atoms with Crippen molar-refractivity contribution in [3.05, 3.63) is 63.8 Å². The third kappa shape index (κ3) is 8.30. The van der Waals surface area contributed by atoms with Gasteiger partial charge >= 0.3 is 0 Å². The molecule has 3 fully saturated rings. The van der Waals surface area contributed by atoms with Crippen molar-refractivity contribution in [1.82, 2.24) is 0 Å². The molecule has 3 aliphatic heterocycles. The van der Waals surface area contributed by atoms with Gasteiger partial charge in [0.1, 0.15) is 78.1 Å². The average molecular weight is 793 g/mol. The molecule has 3 aliphatic rings. The zero-order valence-corrected chi connectivity index (χ0v) is 30.9. The fourth-order valence-corrected chi connectivity index (χ4v) is 6.68. The van der Waals surface area contributed by atoms with Crippen molar-refractivity contribution in [3.63, 3.8) is 0 Å². The van der Waals surface area contributed by atoms with Gasteiger partial charge in [0.25, 0.3) is 0 Å². The van der Waals surface area contributed by atoms with Crippen molar-refractivity contribution < 1.29 is 83.5 Å². The lowest BCUT2D eigenvalue weighted by molar-refractivity contribution is -0.334. The molecule has 18 heteroatoms. The van der Waals surface area contributed by atoms with E-state index in [0.29, 0.717) is 16.9 Å². The van der Waals surface area contributed by atoms with E-state index in [1.54, 1.807) is 24.3 Å². The summed E-state index contributed by atoms with van der Waals surface area (Å²) < 4.78 is 46.4. The van der Waals surface area contributed by atoms with Crippen molar-refractivity contribution in [2.24, 2.45) is 0 Å². The first-order chi connectivity index (χ1) is 26.6. The summed E-state index contributed by atoms with van der Waals surface area (Å²) in [6, 6.07) is 9.22. The minimum absolute atomic E-state index is 0.000133. The van der Waals surface area contributed by atoms with E-state index in [2.05, 4.69) is 0 Å². The number of aliphatic hydroxyl groups excluding tert-OH is 9. The number of rotatable bonds is 11. The molecule has 4 heterocycles. The lowest BCUT2D eigenvalue weighted by atomic mass is 9.98. The Hall–Kier alpha value is -3.73. The molecular formula is C38H48O18. The molecule has 0 amide bonds. The summed E-state index contributed by atoms with van der Waals surface area (Å²) in [6.07, 6.45) is -19.6. The third-order valence-corrected chi connectivity index (χ3v) is 9.99. The maximum atomic E-state index is 14.5. The van der Waals surface area contributed by atoms with E-state index in [1.165, 1.54) is 26.2 Å². The molecule has 1 aromatic heterocycles. The van der Waals surface area contributed by atoms with Crippen LogP contribution in [0, 0.1) is 0 Å². The van der Waals surface area contributed by atoms with Gasteiger partial charge in [-0.1, -0.05) is 11.6 Å². The lowest BCUT2D eigenvalue weighted by Gasteiger charge is -2.44. The fraction of sp³-hybridized carbons (Fsp3) is 0.553. The Bertz CT molecular complexity index is 1890. The summed E-state index contributed by atoms with van der Waals surface area (Å²) in [4.78, 5) is 14.5. The fourth-order valence-electron chi connectivity index (χ4n) is 6.68. The second kappa shape index (κ2) is 17.4. The molecule has 18 nitrogen and oxygen atoms in total. The summed E-state index contributed by atoms with van der Waals surface area (Å²) in [5.41, 5.74) is 0.880. The SMILES string of the molecule is COc1ccc(-c2oc3c(CC=C(C)C)c(OC4OC(CO)C(O)C(O)C4O)ccc3c(=O)c2OC2OC(C)C(OC3OCC(O)C(O)C3O)C(O)C2O)cc1. The zero-order valence-electron chi connectivity index (χ0n) is 30.9. The molecule has 0 aliphatic carbocycles. The van der Waals surface area contributed by atoms with Gasteiger partial charge in [0.05, 0.1) is 31.8 Å². The normalized spacial score (nSPS) is 34.9. The molecular weight excluding hydrogens is 744 g/mol. The Labute approximate surface area is 320 Å². The van der Waals surface area contributed by atoms with Crippen LogP contribution in [0.1, 0.15) is 26.3 Å². The summed E-state index contributed by atoms with van der Waals surface area (Å²) in [5.74, 6) is 0.0578. The molecule has 6 rings (SSSR count). The Kier molecular flexibility index (Phi) is 13.0. The lowest BCUT2D eigenvalue weighted by Crippen LogP contribution is -2.62. The molecule has 0 bridgehead atoms. The second-order valence-electron chi connectivity index (χ2n) is 14.2. The topological polar surface area (TPSA) is 277 Å². The number of hydrogen-bond acceptors (Lipinski definition) is 18. The van der Waals surface area contributed by atoms with Crippen LogP contribution in [-0.4, -0.2) is 152 Å². The number of benzene rings is 2. The second-order valence-corrected chi connectivity index (χ2v) is 14.2. The number of hydrogen-bond donors (Lipinski definition) is 9. The highest BCUT2D eigenvalue weighted by Crippen LogP contribution is 2.39. The average Bonchev–Trinajstić information content (AvgIpc) is 3.18. The summed E-state index contributed by atoms with van der Waals surface area (Å²) in [7, 11) is 1.48. The molecule has 308 valence electrons. The van der Waals surface area contributed by atoms with Crippen LogP contribution >= 0.6 is 0 Å². The van der Waals surface area contributed by atoms with Crippen molar-refractivity contribution >= 4 is 11.0 Å². The van der Waals surface area contributed by atoms with E-state index < -0.39 is 104 Å². The summed E-state index contributed by atoms with van der Waals surface area (Å²) >= 11 is 0. The highest BCUT2D eigenvalue weighted by atomic mass is 16.7. The predicted molar refractivity (Wildman–Crippen MR) is 192 cm³/mol. The van der Waals surface area contributed by atoms with Gasteiger partial charge in [-0.05, 0) is 63.6 Å². The van der Waals surface area contributed by atoms with Crippen LogP contribution in [0.15, 0.2) is 57.3 Å². The van der Waals surface area contributed by atoms with Gasteiger partial charge in [-0.25, -0.2) is 0 Å². The number of aliphatic hydroxyl groups is 9. The molecule has 3 saturated heterocycles. The van der Waals surface area contributed by atoms with Gasteiger partial charge in [0.2, 0.25) is 23.8 Å². The Morgan fingerprint density at radius 3 is 2.12 bits per heavy atom. The third-order valence-electron chi connectivity index (χ3n) is 9.99. The van der Waals surface area contributed by atoms with E-state index in [0.717, 1.165) is 5.57 Å².